The maximum atomic E-state index is 13.4. The maximum absolute atomic E-state index is 13.4. The van der Waals surface area contributed by atoms with E-state index in [4.69, 9.17) is 21.7 Å². The third-order valence-electron chi connectivity index (χ3n) is 8.66. The number of carboxylic acid groups (broad SMARTS) is 1. The lowest BCUT2D eigenvalue weighted by atomic mass is 9.77. The number of thiocarbonyl (C=S) groups is 1. The molecular formula is C37H34IN3O8S. The number of ether oxygens (including phenoxy) is 2. The second kappa shape index (κ2) is 14.9. The lowest BCUT2D eigenvalue weighted by Gasteiger charge is -2.36. The smallest absolute Gasteiger partial charge is 0.340 e. The van der Waals surface area contributed by atoms with Gasteiger partial charge in [-0.1, -0.05) is 18.2 Å². The number of anilines is 1. The number of carboxylic acids is 1. The molecule has 0 saturated carbocycles. The molecular weight excluding hydrogens is 773 g/mol. The monoisotopic (exact) mass is 807 g/mol. The number of phenolic OH excluding ortho intramolecular Hbond substituents is 2. The molecule has 4 aromatic rings. The van der Waals surface area contributed by atoms with Crippen molar-refractivity contribution in [2.75, 3.05) is 11.9 Å². The number of hydrogen-bond donors (Lipinski definition) is 6. The highest BCUT2D eigenvalue weighted by Crippen LogP contribution is 2.57. The van der Waals surface area contributed by atoms with Gasteiger partial charge in [0.05, 0.1) is 5.56 Å². The third kappa shape index (κ3) is 7.48. The van der Waals surface area contributed by atoms with E-state index in [0.717, 1.165) is 12.8 Å². The molecule has 0 bridgehead atoms. The van der Waals surface area contributed by atoms with Crippen LogP contribution in [-0.2, 0) is 26.3 Å². The van der Waals surface area contributed by atoms with Gasteiger partial charge in [-0.05, 0) is 121 Å². The van der Waals surface area contributed by atoms with Crippen LogP contribution in [-0.4, -0.2) is 50.9 Å². The van der Waals surface area contributed by atoms with Crippen LogP contribution in [0.5, 0.6) is 23.0 Å². The number of esters is 1. The van der Waals surface area contributed by atoms with Gasteiger partial charge in [0.2, 0.25) is 5.91 Å². The molecule has 1 amide bonds. The fourth-order valence-electron chi connectivity index (χ4n) is 6.26. The van der Waals surface area contributed by atoms with Gasteiger partial charge in [0.15, 0.2) is 10.7 Å². The molecule has 11 nitrogen and oxygen atoms in total. The molecule has 0 aliphatic carbocycles. The van der Waals surface area contributed by atoms with E-state index in [1.54, 1.807) is 30.3 Å². The second-order valence-electron chi connectivity index (χ2n) is 12.1. The topological polar surface area (TPSA) is 166 Å². The van der Waals surface area contributed by atoms with Crippen molar-refractivity contribution in [2.24, 2.45) is 0 Å². The zero-order chi connectivity index (χ0) is 35.4. The highest BCUT2D eigenvalue weighted by atomic mass is 127. The van der Waals surface area contributed by atoms with Gasteiger partial charge in [-0.25, -0.2) is 9.59 Å². The Bertz CT molecular complexity index is 1920. The predicted octanol–water partition coefficient (Wildman–Crippen LogP) is 6.32. The molecule has 6 rings (SSSR count). The molecule has 0 saturated heterocycles. The summed E-state index contributed by atoms with van der Waals surface area (Å²) >= 11 is 7.69. The molecule has 0 aromatic heterocycles. The fourth-order valence-corrected chi connectivity index (χ4v) is 6.88. The third-order valence-corrected chi connectivity index (χ3v) is 9.60. The predicted molar refractivity (Wildman–Crippen MR) is 198 cm³/mol. The second-order valence-corrected chi connectivity index (χ2v) is 13.8. The van der Waals surface area contributed by atoms with Gasteiger partial charge in [-0.15, -0.1) is 0 Å². The molecule has 0 radical (unpaired) electrons. The quantitative estimate of drug-likeness (QED) is 0.0411. The summed E-state index contributed by atoms with van der Waals surface area (Å²) in [5.41, 5.74) is 2.01. The average molecular weight is 808 g/mol. The number of hydrogen-bond acceptors (Lipinski definition) is 8. The van der Waals surface area contributed by atoms with E-state index in [-0.39, 0.29) is 46.0 Å². The van der Waals surface area contributed by atoms with Crippen molar-refractivity contribution in [1.29, 1.82) is 0 Å². The summed E-state index contributed by atoms with van der Waals surface area (Å²) in [6.45, 7) is 0.452. The SMILES string of the molecule is O=C(CCCc1ccc(I)cc1)NCCCCC(NC(=S)Nc1ccc2c(c1)C(=O)OC21c2ccc(O)cc2Oc2cc(O)ccc21)C(=O)O. The fraction of sp³-hybridized carbons (Fsp3) is 0.243. The molecule has 50 heavy (non-hydrogen) atoms. The molecule has 13 heteroatoms. The van der Waals surface area contributed by atoms with Crippen molar-refractivity contribution < 1.29 is 39.2 Å². The Morgan fingerprint density at radius 2 is 1.52 bits per heavy atom. The van der Waals surface area contributed by atoms with Crippen LogP contribution in [0.15, 0.2) is 78.9 Å². The van der Waals surface area contributed by atoms with Crippen molar-refractivity contribution >= 4 is 63.5 Å². The summed E-state index contributed by atoms with van der Waals surface area (Å²) in [4.78, 5) is 37.6. The molecule has 2 aliphatic heterocycles. The zero-order valence-corrected chi connectivity index (χ0v) is 29.7. The van der Waals surface area contributed by atoms with E-state index in [2.05, 4.69) is 50.7 Å². The average Bonchev–Trinajstić information content (AvgIpc) is 3.36. The van der Waals surface area contributed by atoms with E-state index in [0.29, 0.717) is 48.2 Å². The highest BCUT2D eigenvalue weighted by molar-refractivity contribution is 14.1. The van der Waals surface area contributed by atoms with Crippen LogP contribution in [0, 0.1) is 3.57 Å². The maximum Gasteiger partial charge on any atom is 0.340 e. The van der Waals surface area contributed by atoms with Crippen LogP contribution in [0.25, 0.3) is 0 Å². The normalized spacial score (nSPS) is 14.0. The number of carbonyl (C=O) groups excluding carboxylic acids is 2. The summed E-state index contributed by atoms with van der Waals surface area (Å²) < 4.78 is 13.3. The summed E-state index contributed by atoms with van der Waals surface area (Å²) in [6, 6.07) is 21.3. The Labute approximate surface area is 307 Å². The first-order valence-corrected chi connectivity index (χ1v) is 17.6. The van der Waals surface area contributed by atoms with Crippen LogP contribution in [0.1, 0.15) is 64.7 Å². The lowest BCUT2D eigenvalue weighted by Crippen LogP contribution is -2.43. The summed E-state index contributed by atoms with van der Waals surface area (Å²) in [5.74, 6) is -1.25. The Balaban J connectivity index is 1.04. The Kier molecular flexibility index (Phi) is 10.4. The minimum Gasteiger partial charge on any atom is -0.508 e. The molecule has 2 heterocycles. The first kappa shape index (κ1) is 35.0. The van der Waals surface area contributed by atoms with E-state index in [1.165, 1.54) is 33.4 Å². The number of nitrogens with one attached hydrogen (secondary N) is 3. The number of unbranched alkanes of at least 4 members (excludes halogenated alkanes) is 1. The van der Waals surface area contributed by atoms with Crippen molar-refractivity contribution in [1.82, 2.24) is 10.6 Å². The number of rotatable bonds is 12. The highest BCUT2D eigenvalue weighted by Gasteiger charge is 2.53. The van der Waals surface area contributed by atoms with E-state index in [1.807, 2.05) is 12.1 Å². The molecule has 1 unspecified atom stereocenters. The van der Waals surface area contributed by atoms with Gasteiger partial charge in [0, 0.05) is 51.0 Å². The number of amides is 1. The van der Waals surface area contributed by atoms with Gasteiger partial charge in [-0.3, -0.25) is 4.79 Å². The number of phenols is 2. The summed E-state index contributed by atoms with van der Waals surface area (Å²) in [5, 5.41) is 38.8. The molecule has 2 aliphatic rings. The van der Waals surface area contributed by atoms with E-state index < -0.39 is 23.6 Å². The number of aryl methyl sites for hydroxylation is 1. The van der Waals surface area contributed by atoms with Crippen molar-refractivity contribution in [3.05, 3.63) is 110 Å². The number of benzene rings is 4. The minimum absolute atomic E-state index is 0.0261. The van der Waals surface area contributed by atoms with Gasteiger partial charge in [0.1, 0.15) is 29.0 Å². The van der Waals surface area contributed by atoms with Crippen LogP contribution in [0.4, 0.5) is 5.69 Å². The van der Waals surface area contributed by atoms with Crippen LogP contribution >= 0.6 is 34.8 Å². The molecule has 4 aromatic carbocycles. The molecule has 258 valence electrons. The first-order chi connectivity index (χ1) is 24.0. The van der Waals surface area contributed by atoms with Gasteiger partial charge < -0.3 is 40.7 Å². The Morgan fingerprint density at radius 1 is 0.860 bits per heavy atom. The molecule has 1 spiro atoms. The Hall–Kier alpha value is -4.89. The van der Waals surface area contributed by atoms with Crippen molar-refractivity contribution in [3.8, 4) is 23.0 Å². The minimum atomic E-state index is -1.40. The number of fused-ring (bicyclic) bond motifs is 6. The summed E-state index contributed by atoms with van der Waals surface area (Å²) in [6.07, 6.45) is 3.45. The molecule has 6 N–H and O–H groups in total. The number of halogens is 1. The zero-order valence-electron chi connectivity index (χ0n) is 26.7. The van der Waals surface area contributed by atoms with E-state index in [9.17, 15) is 29.7 Å². The lowest BCUT2D eigenvalue weighted by molar-refractivity contribution is -0.139. The first-order valence-electron chi connectivity index (χ1n) is 16.1. The van der Waals surface area contributed by atoms with Gasteiger partial charge in [-0.2, -0.15) is 0 Å². The Morgan fingerprint density at radius 3 is 2.18 bits per heavy atom. The standard InChI is InChI=1S/C37H34IN3O8S/c38-22-9-7-21(8-10-22)4-3-6-33(44)39-17-2-1-5-30(34(45)46)41-36(50)40-23-11-14-27-26(18-23)35(47)49-37(27)28-15-12-24(42)19-31(28)48-32-20-25(43)13-16-29(32)37/h7-16,18-20,30,42-43H,1-6,17H2,(H,39,44)(H,45,46)(H2,40,41,50). The van der Waals surface area contributed by atoms with Gasteiger partial charge >= 0.3 is 11.9 Å². The largest absolute Gasteiger partial charge is 0.508 e. The van der Waals surface area contributed by atoms with E-state index >= 15 is 0 Å². The molecule has 1 atom stereocenters. The molecule has 0 fully saturated rings. The van der Waals surface area contributed by atoms with Gasteiger partial charge in [0.25, 0.3) is 0 Å². The van der Waals surface area contributed by atoms with Crippen LogP contribution in [0.3, 0.4) is 0 Å². The van der Waals surface area contributed by atoms with Crippen molar-refractivity contribution in [2.45, 2.75) is 50.2 Å². The van der Waals surface area contributed by atoms with Crippen LogP contribution in [0.2, 0.25) is 0 Å². The number of aromatic hydroxyl groups is 2. The van der Waals surface area contributed by atoms with Crippen LogP contribution < -0.4 is 20.7 Å². The number of carbonyl (C=O) groups is 3. The number of aliphatic carboxylic acids is 1. The van der Waals surface area contributed by atoms with Crippen molar-refractivity contribution in [3.63, 3.8) is 0 Å². The summed E-state index contributed by atoms with van der Waals surface area (Å²) in [7, 11) is 0.